The molecule has 1 saturated carbocycles. The van der Waals surface area contributed by atoms with Crippen molar-refractivity contribution in [2.45, 2.75) is 48.2 Å². The topological polar surface area (TPSA) is 112 Å². The molecule has 35 heavy (non-hydrogen) atoms. The number of hydrogen-bond acceptors (Lipinski definition) is 7. The van der Waals surface area contributed by atoms with Gasteiger partial charge in [0.05, 0.1) is 17.1 Å². The standard InChI is InChI=1S/C23H23F2N5O4S/c1-34-9-8-29-13-26-28-23(29)35-20-7-6-16(30(32)33)12-17(20)22(31)27-21-18(24)10-15(11-19(21)25)14-4-2-3-5-14/h6-7,10-14H,2-5,8-9H2,1H3,(H,27,31). The zero-order valence-electron chi connectivity index (χ0n) is 18.9. The van der Waals surface area contributed by atoms with Gasteiger partial charge in [-0.2, -0.15) is 0 Å². The summed E-state index contributed by atoms with van der Waals surface area (Å²) in [7, 11) is 1.55. The molecule has 0 radical (unpaired) electrons. The molecule has 9 nitrogen and oxygen atoms in total. The molecule has 1 aromatic heterocycles. The SMILES string of the molecule is COCCn1cnnc1Sc1ccc([N+](=O)[O-])cc1C(=O)Nc1c(F)cc(C2CCCC2)cc1F. The van der Waals surface area contributed by atoms with Gasteiger partial charge in [0.1, 0.15) is 23.6 Å². The minimum atomic E-state index is -0.890. The minimum absolute atomic E-state index is 0.0963. The number of nitro benzene ring substituents is 1. The smallest absolute Gasteiger partial charge is 0.270 e. The van der Waals surface area contributed by atoms with E-state index >= 15 is 0 Å². The van der Waals surface area contributed by atoms with E-state index in [4.69, 9.17) is 4.74 Å². The zero-order chi connectivity index (χ0) is 24.9. The summed E-state index contributed by atoms with van der Waals surface area (Å²) in [6.45, 7) is 0.846. The van der Waals surface area contributed by atoms with E-state index in [0.29, 0.717) is 28.8 Å². The van der Waals surface area contributed by atoms with Crippen molar-refractivity contribution in [2.75, 3.05) is 19.0 Å². The van der Waals surface area contributed by atoms with Gasteiger partial charge in [0.2, 0.25) is 0 Å². The molecule has 0 aliphatic heterocycles. The molecule has 1 fully saturated rings. The number of amides is 1. The average Bonchev–Trinajstić information content (AvgIpc) is 3.52. The van der Waals surface area contributed by atoms with Crippen LogP contribution in [0.3, 0.4) is 0 Å². The average molecular weight is 504 g/mol. The van der Waals surface area contributed by atoms with Crippen LogP contribution in [0.1, 0.15) is 47.5 Å². The number of benzene rings is 2. The maximum atomic E-state index is 14.8. The number of ether oxygens (including phenoxy) is 1. The summed E-state index contributed by atoms with van der Waals surface area (Å²) in [5.41, 5.74) is -0.484. The fourth-order valence-electron chi connectivity index (χ4n) is 4.05. The number of hydrogen-bond donors (Lipinski definition) is 1. The number of nitrogens with zero attached hydrogens (tertiary/aromatic N) is 4. The van der Waals surface area contributed by atoms with Gasteiger partial charge < -0.3 is 14.6 Å². The van der Waals surface area contributed by atoms with Crippen molar-refractivity contribution in [1.29, 1.82) is 0 Å². The number of aromatic nitrogens is 3. The summed E-state index contributed by atoms with van der Waals surface area (Å²) in [6, 6.07) is 6.19. The van der Waals surface area contributed by atoms with Crippen LogP contribution in [-0.4, -0.2) is 39.3 Å². The number of carbonyl (C=O) groups is 1. The predicted octanol–water partition coefficient (Wildman–Crippen LogP) is 5.17. The van der Waals surface area contributed by atoms with Gasteiger partial charge in [0, 0.05) is 30.7 Å². The Kier molecular flexibility index (Phi) is 7.71. The third-order valence-corrected chi connectivity index (χ3v) is 6.94. The van der Waals surface area contributed by atoms with E-state index < -0.39 is 28.2 Å². The van der Waals surface area contributed by atoms with Crippen molar-refractivity contribution in [3.05, 3.63) is 69.5 Å². The molecule has 1 amide bonds. The van der Waals surface area contributed by atoms with Crippen LogP contribution in [0, 0.1) is 21.7 Å². The molecule has 1 aliphatic rings. The van der Waals surface area contributed by atoms with E-state index in [-0.39, 0.29) is 17.2 Å². The fraction of sp³-hybridized carbons (Fsp3) is 0.348. The molecule has 12 heteroatoms. The molecule has 1 heterocycles. The Morgan fingerprint density at radius 1 is 1.26 bits per heavy atom. The molecule has 0 spiro atoms. The Bertz CT molecular complexity index is 1220. The van der Waals surface area contributed by atoms with Gasteiger partial charge in [-0.15, -0.1) is 10.2 Å². The fourth-order valence-corrected chi connectivity index (χ4v) is 4.99. The van der Waals surface area contributed by atoms with Gasteiger partial charge >= 0.3 is 0 Å². The van der Waals surface area contributed by atoms with Gasteiger partial charge in [-0.05, 0) is 54.3 Å². The lowest BCUT2D eigenvalue weighted by atomic mass is 9.97. The third kappa shape index (κ3) is 5.65. The highest BCUT2D eigenvalue weighted by Crippen LogP contribution is 2.37. The second kappa shape index (κ2) is 10.9. The van der Waals surface area contributed by atoms with E-state index in [2.05, 4.69) is 15.5 Å². The molecule has 0 unspecified atom stereocenters. The Morgan fingerprint density at radius 2 is 1.97 bits per heavy atom. The molecule has 2 aromatic carbocycles. The summed E-state index contributed by atoms with van der Waals surface area (Å²) >= 11 is 1.05. The van der Waals surface area contributed by atoms with Crippen LogP contribution in [-0.2, 0) is 11.3 Å². The molecule has 0 bridgehead atoms. The minimum Gasteiger partial charge on any atom is -0.383 e. The predicted molar refractivity (Wildman–Crippen MR) is 125 cm³/mol. The van der Waals surface area contributed by atoms with Crippen LogP contribution in [0.4, 0.5) is 20.2 Å². The molecule has 0 saturated heterocycles. The van der Waals surface area contributed by atoms with Crippen molar-refractivity contribution in [3.8, 4) is 0 Å². The number of nitro groups is 1. The lowest BCUT2D eigenvalue weighted by Crippen LogP contribution is -2.16. The van der Waals surface area contributed by atoms with Gasteiger partial charge in [0.15, 0.2) is 5.16 Å². The maximum absolute atomic E-state index is 14.8. The monoisotopic (exact) mass is 503 g/mol. The molecular formula is C23H23F2N5O4S. The largest absolute Gasteiger partial charge is 0.383 e. The van der Waals surface area contributed by atoms with Crippen LogP contribution in [0.5, 0.6) is 0 Å². The van der Waals surface area contributed by atoms with Crippen LogP contribution >= 0.6 is 11.8 Å². The quantitative estimate of drug-likeness (QED) is 0.317. The first kappa shape index (κ1) is 24.7. The van der Waals surface area contributed by atoms with Gasteiger partial charge in [-0.1, -0.05) is 12.8 Å². The van der Waals surface area contributed by atoms with Crippen molar-refractivity contribution >= 4 is 29.0 Å². The van der Waals surface area contributed by atoms with E-state index in [9.17, 15) is 23.7 Å². The highest BCUT2D eigenvalue weighted by Gasteiger charge is 2.24. The van der Waals surface area contributed by atoms with E-state index in [1.807, 2.05) is 0 Å². The molecule has 4 rings (SSSR count). The van der Waals surface area contributed by atoms with E-state index in [1.165, 1.54) is 30.6 Å². The first-order valence-corrected chi connectivity index (χ1v) is 11.8. The van der Waals surface area contributed by atoms with Crippen LogP contribution < -0.4 is 5.32 Å². The van der Waals surface area contributed by atoms with Crippen molar-refractivity contribution in [2.24, 2.45) is 0 Å². The normalized spacial score (nSPS) is 13.8. The van der Waals surface area contributed by atoms with E-state index in [1.54, 1.807) is 11.7 Å². The number of methoxy groups -OCH3 is 1. The summed E-state index contributed by atoms with van der Waals surface area (Å²) < 4.78 is 36.4. The summed E-state index contributed by atoms with van der Waals surface area (Å²) in [4.78, 5) is 24.1. The van der Waals surface area contributed by atoms with Gasteiger partial charge in [-0.3, -0.25) is 14.9 Å². The molecular weight excluding hydrogens is 480 g/mol. The van der Waals surface area contributed by atoms with Crippen molar-refractivity contribution < 1.29 is 23.2 Å². The Labute approximate surface area is 204 Å². The molecule has 184 valence electrons. The van der Waals surface area contributed by atoms with Crippen LogP contribution in [0.25, 0.3) is 0 Å². The lowest BCUT2D eigenvalue weighted by molar-refractivity contribution is -0.384. The third-order valence-electron chi connectivity index (χ3n) is 5.87. The molecule has 1 N–H and O–H groups in total. The molecule has 0 atom stereocenters. The number of non-ortho nitro benzene ring substituents is 1. The second-order valence-corrected chi connectivity index (χ2v) is 9.14. The first-order valence-electron chi connectivity index (χ1n) is 11.0. The van der Waals surface area contributed by atoms with E-state index in [0.717, 1.165) is 43.5 Å². The zero-order valence-corrected chi connectivity index (χ0v) is 19.7. The second-order valence-electron chi connectivity index (χ2n) is 8.13. The summed E-state index contributed by atoms with van der Waals surface area (Å²) in [5.74, 6) is -2.57. The Hall–Kier alpha value is -3.38. The number of anilines is 1. The van der Waals surface area contributed by atoms with Gasteiger partial charge in [-0.25, -0.2) is 8.78 Å². The number of rotatable bonds is 9. The van der Waals surface area contributed by atoms with Crippen LogP contribution in [0.2, 0.25) is 0 Å². The van der Waals surface area contributed by atoms with Crippen molar-refractivity contribution in [1.82, 2.24) is 14.8 Å². The number of halogens is 2. The molecule has 1 aliphatic carbocycles. The lowest BCUT2D eigenvalue weighted by Gasteiger charge is -2.14. The number of nitrogens with one attached hydrogen (secondary N) is 1. The van der Waals surface area contributed by atoms with Crippen molar-refractivity contribution in [3.63, 3.8) is 0 Å². The summed E-state index contributed by atoms with van der Waals surface area (Å²) in [5, 5.41) is 21.9. The Morgan fingerprint density at radius 3 is 2.63 bits per heavy atom. The van der Waals surface area contributed by atoms with Gasteiger partial charge in [0.25, 0.3) is 11.6 Å². The molecule has 3 aromatic rings. The maximum Gasteiger partial charge on any atom is 0.270 e. The number of carbonyl (C=O) groups excluding carboxylic acids is 1. The Balaban J connectivity index is 1.63. The highest BCUT2D eigenvalue weighted by molar-refractivity contribution is 7.99. The summed E-state index contributed by atoms with van der Waals surface area (Å²) in [6.07, 6.45) is 5.25. The first-order chi connectivity index (χ1) is 16.9. The highest BCUT2D eigenvalue weighted by atomic mass is 32.2. The van der Waals surface area contributed by atoms with Crippen LogP contribution in [0.15, 0.2) is 46.7 Å².